The van der Waals surface area contributed by atoms with Crippen molar-refractivity contribution in [2.75, 3.05) is 11.9 Å². The van der Waals surface area contributed by atoms with Crippen LogP contribution in [0.3, 0.4) is 0 Å². The lowest BCUT2D eigenvalue weighted by molar-refractivity contribution is -0.119. The van der Waals surface area contributed by atoms with Gasteiger partial charge < -0.3 is 4.74 Å². The molecule has 0 radical (unpaired) electrons. The molecule has 0 saturated heterocycles. The number of nitrogens with one attached hydrogen (secondary N) is 1. The van der Waals surface area contributed by atoms with Crippen LogP contribution in [0.15, 0.2) is 48.5 Å². The van der Waals surface area contributed by atoms with E-state index in [0.717, 1.165) is 51.6 Å². The average Bonchev–Trinajstić information content (AvgIpc) is 3.18. The Hall–Kier alpha value is -3.32. The molecule has 0 aliphatic heterocycles. The third kappa shape index (κ3) is 3.88. The number of fused-ring (bicyclic) bond motifs is 3. The summed E-state index contributed by atoms with van der Waals surface area (Å²) < 4.78 is 6.43. The number of amides is 1. The molecular weight excluding hydrogens is 410 g/mol. The normalized spacial score (nSPS) is 15.6. The van der Waals surface area contributed by atoms with Crippen LogP contribution in [-0.2, 0) is 22.4 Å². The number of benzene rings is 2. The highest BCUT2D eigenvalue weighted by Gasteiger charge is 2.26. The number of thiazole rings is 1. The molecule has 1 amide bonds. The number of anilines is 1. The lowest BCUT2D eigenvalue weighted by Gasteiger charge is -2.24. The predicted octanol–water partition coefficient (Wildman–Crippen LogP) is 4.76. The van der Waals surface area contributed by atoms with E-state index < -0.39 is 11.9 Å². The monoisotopic (exact) mass is 431 g/mol. The van der Waals surface area contributed by atoms with Crippen molar-refractivity contribution in [1.29, 1.82) is 0 Å². The molecule has 4 aromatic rings. The maximum absolute atomic E-state index is 13.1. The Labute approximate surface area is 183 Å². The minimum Gasteiger partial charge on any atom is -0.452 e. The van der Waals surface area contributed by atoms with E-state index in [4.69, 9.17) is 9.72 Å². The zero-order chi connectivity index (χ0) is 21.4. The smallest absolute Gasteiger partial charge is 0.339 e. The van der Waals surface area contributed by atoms with Crippen LogP contribution in [0, 0.1) is 5.92 Å². The number of aryl methyl sites for hydroxylation is 1. The van der Waals surface area contributed by atoms with Crippen molar-refractivity contribution in [3.05, 3.63) is 65.4 Å². The molecule has 1 aliphatic rings. The summed E-state index contributed by atoms with van der Waals surface area (Å²) in [5.74, 6) is -0.416. The zero-order valence-electron chi connectivity index (χ0n) is 17.1. The number of ether oxygens (including phenoxy) is 1. The molecule has 2 aromatic heterocycles. The number of hydrogen-bond donors (Lipinski definition) is 1. The molecule has 2 heterocycles. The van der Waals surface area contributed by atoms with Gasteiger partial charge in [0.25, 0.3) is 5.91 Å². The van der Waals surface area contributed by atoms with Crippen molar-refractivity contribution >= 4 is 49.5 Å². The van der Waals surface area contributed by atoms with Crippen molar-refractivity contribution in [3.8, 4) is 0 Å². The summed E-state index contributed by atoms with van der Waals surface area (Å²) in [6.07, 6.45) is 2.69. The predicted molar refractivity (Wildman–Crippen MR) is 121 cm³/mol. The first-order valence-corrected chi connectivity index (χ1v) is 11.1. The molecule has 2 aromatic carbocycles. The van der Waals surface area contributed by atoms with Crippen LogP contribution in [0.1, 0.15) is 35.0 Å². The molecule has 0 fully saturated rings. The minimum absolute atomic E-state index is 0.365. The fraction of sp³-hybridized carbons (Fsp3) is 0.250. The topological polar surface area (TPSA) is 81.2 Å². The fourth-order valence-corrected chi connectivity index (χ4v) is 4.96. The Morgan fingerprint density at radius 1 is 1.10 bits per heavy atom. The molecule has 1 atom stereocenters. The molecule has 0 spiro atoms. The second-order valence-electron chi connectivity index (χ2n) is 7.89. The first kappa shape index (κ1) is 19.6. The van der Waals surface area contributed by atoms with Crippen LogP contribution in [0.4, 0.5) is 5.13 Å². The van der Waals surface area contributed by atoms with E-state index >= 15 is 0 Å². The van der Waals surface area contributed by atoms with Crippen molar-refractivity contribution < 1.29 is 14.3 Å². The fourth-order valence-electron chi connectivity index (χ4n) is 4.08. The molecule has 31 heavy (non-hydrogen) atoms. The van der Waals surface area contributed by atoms with Gasteiger partial charge in [0.1, 0.15) is 0 Å². The third-order valence-electron chi connectivity index (χ3n) is 5.58. The summed E-state index contributed by atoms with van der Waals surface area (Å²) in [4.78, 5) is 34.6. The van der Waals surface area contributed by atoms with Gasteiger partial charge in [0.2, 0.25) is 0 Å². The first-order chi connectivity index (χ1) is 15.1. The van der Waals surface area contributed by atoms with Crippen LogP contribution < -0.4 is 5.32 Å². The largest absolute Gasteiger partial charge is 0.452 e. The van der Waals surface area contributed by atoms with Gasteiger partial charge in [-0.2, -0.15) is 0 Å². The molecule has 7 heteroatoms. The summed E-state index contributed by atoms with van der Waals surface area (Å²) in [7, 11) is 0. The van der Waals surface area contributed by atoms with Gasteiger partial charge in [-0.05, 0) is 48.9 Å². The van der Waals surface area contributed by atoms with E-state index in [1.165, 1.54) is 11.3 Å². The molecule has 1 unspecified atom stereocenters. The maximum atomic E-state index is 13.1. The number of carbonyl (C=O) groups excluding carboxylic acids is 2. The molecule has 1 aliphatic carbocycles. The summed E-state index contributed by atoms with van der Waals surface area (Å²) in [5, 5.41) is 3.98. The number of para-hydroxylation sites is 2. The maximum Gasteiger partial charge on any atom is 0.339 e. The zero-order valence-corrected chi connectivity index (χ0v) is 17.9. The van der Waals surface area contributed by atoms with Gasteiger partial charge in [0, 0.05) is 11.1 Å². The Bertz CT molecular complexity index is 1280. The molecule has 0 bridgehead atoms. The van der Waals surface area contributed by atoms with E-state index in [1.54, 1.807) is 0 Å². The number of nitrogens with zero attached hydrogens (tertiary/aromatic N) is 2. The van der Waals surface area contributed by atoms with Crippen LogP contribution in [-0.4, -0.2) is 28.5 Å². The lowest BCUT2D eigenvalue weighted by Crippen LogP contribution is -2.23. The van der Waals surface area contributed by atoms with Crippen LogP contribution >= 0.6 is 11.3 Å². The van der Waals surface area contributed by atoms with Gasteiger partial charge in [-0.1, -0.05) is 48.6 Å². The van der Waals surface area contributed by atoms with E-state index in [2.05, 4.69) is 17.2 Å². The highest BCUT2D eigenvalue weighted by molar-refractivity contribution is 7.22. The Kier molecular flexibility index (Phi) is 5.11. The van der Waals surface area contributed by atoms with Gasteiger partial charge in [-0.15, -0.1) is 0 Å². The highest BCUT2D eigenvalue weighted by Crippen LogP contribution is 2.32. The summed E-state index contributed by atoms with van der Waals surface area (Å²) in [6.45, 7) is 1.81. The van der Waals surface area contributed by atoms with E-state index in [9.17, 15) is 9.59 Å². The van der Waals surface area contributed by atoms with Crippen molar-refractivity contribution in [1.82, 2.24) is 9.97 Å². The molecule has 1 N–H and O–H groups in total. The van der Waals surface area contributed by atoms with Crippen molar-refractivity contribution in [2.24, 2.45) is 5.92 Å². The standard InChI is InChI=1S/C24H21N3O3S/c1-14-10-11-18-16(12-14)22(15-6-2-3-7-17(15)25-18)23(29)30-13-21(28)27-24-26-19-8-4-5-9-20(19)31-24/h2-9,14H,10-13H2,1H3,(H,26,27,28). The number of esters is 1. The van der Waals surface area contributed by atoms with E-state index in [1.807, 2.05) is 48.5 Å². The van der Waals surface area contributed by atoms with Crippen molar-refractivity contribution in [3.63, 3.8) is 0 Å². The second kappa shape index (κ2) is 8.07. The molecule has 5 rings (SSSR count). The number of aromatic nitrogens is 2. The Morgan fingerprint density at radius 2 is 1.87 bits per heavy atom. The molecule has 156 valence electrons. The summed E-state index contributed by atoms with van der Waals surface area (Å²) in [5.41, 5.74) is 4.06. The molecular formula is C24H21N3O3S. The third-order valence-corrected chi connectivity index (χ3v) is 6.54. The quantitative estimate of drug-likeness (QED) is 0.471. The van der Waals surface area contributed by atoms with Crippen LogP contribution in [0.2, 0.25) is 0 Å². The van der Waals surface area contributed by atoms with Crippen LogP contribution in [0.25, 0.3) is 21.1 Å². The summed E-state index contributed by atoms with van der Waals surface area (Å²) >= 11 is 1.39. The van der Waals surface area contributed by atoms with E-state index in [-0.39, 0.29) is 6.61 Å². The second-order valence-corrected chi connectivity index (χ2v) is 8.92. The van der Waals surface area contributed by atoms with Crippen molar-refractivity contribution in [2.45, 2.75) is 26.2 Å². The number of rotatable bonds is 4. The average molecular weight is 432 g/mol. The Balaban J connectivity index is 1.36. The van der Waals surface area contributed by atoms with Gasteiger partial charge in [-0.25, -0.2) is 9.78 Å². The number of pyridine rings is 1. The lowest BCUT2D eigenvalue weighted by atomic mass is 9.84. The number of hydrogen-bond acceptors (Lipinski definition) is 6. The minimum atomic E-state index is -0.483. The summed E-state index contributed by atoms with van der Waals surface area (Å²) in [6, 6.07) is 15.3. The van der Waals surface area contributed by atoms with E-state index in [0.29, 0.717) is 16.6 Å². The molecule has 6 nitrogen and oxygen atoms in total. The SMILES string of the molecule is CC1CCc2nc3ccccc3c(C(=O)OCC(=O)Nc3nc4ccccc4s3)c2C1. The highest BCUT2D eigenvalue weighted by atomic mass is 32.1. The number of carbonyl (C=O) groups is 2. The molecule has 0 saturated carbocycles. The van der Waals surface area contributed by atoms with Gasteiger partial charge in [0.05, 0.1) is 21.3 Å². The van der Waals surface area contributed by atoms with Gasteiger partial charge >= 0.3 is 5.97 Å². The Morgan fingerprint density at radius 3 is 2.71 bits per heavy atom. The van der Waals surface area contributed by atoms with Gasteiger partial charge in [0.15, 0.2) is 11.7 Å². The van der Waals surface area contributed by atoms with Gasteiger partial charge in [-0.3, -0.25) is 15.1 Å². The first-order valence-electron chi connectivity index (χ1n) is 10.3. The van der Waals surface area contributed by atoms with Crippen LogP contribution in [0.5, 0.6) is 0 Å².